The maximum atomic E-state index is 2.48. The maximum absolute atomic E-state index is 2.48. The van der Waals surface area contributed by atoms with Gasteiger partial charge < -0.3 is 4.90 Å². The van der Waals surface area contributed by atoms with Gasteiger partial charge in [-0.25, -0.2) is 0 Å². The van der Waals surface area contributed by atoms with Gasteiger partial charge >= 0.3 is 0 Å². The fraction of sp³-hybridized carbons (Fsp3) is 0.0769. The highest BCUT2D eigenvalue weighted by Gasteiger charge is 2.31. The fourth-order valence-electron chi connectivity index (χ4n) is 8.90. The number of hydrogen-bond acceptors (Lipinski definition) is 1. The van der Waals surface area contributed by atoms with Gasteiger partial charge in [0.2, 0.25) is 0 Å². The van der Waals surface area contributed by atoms with E-state index in [2.05, 4.69) is 201 Å². The molecule has 1 unspecified atom stereocenters. The Kier molecular flexibility index (Phi) is 7.47. The molecule has 0 amide bonds. The molecule has 252 valence electrons. The van der Waals surface area contributed by atoms with Crippen molar-refractivity contribution in [1.29, 1.82) is 0 Å². The third kappa shape index (κ3) is 5.07. The van der Waals surface area contributed by atoms with Crippen LogP contribution in [0.15, 0.2) is 188 Å². The number of hydrogen-bond donors (Lipinski definition) is 0. The van der Waals surface area contributed by atoms with Crippen molar-refractivity contribution in [3.63, 3.8) is 0 Å². The molecule has 6 bridgehead atoms. The van der Waals surface area contributed by atoms with E-state index in [0.717, 1.165) is 6.42 Å². The molecule has 1 heteroatoms. The first kappa shape index (κ1) is 31.3. The zero-order valence-corrected chi connectivity index (χ0v) is 30.1. The van der Waals surface area contributed by atoms with Crippen molar-refractivity contribution in [3.8, 4) is 66.8 Å². The van der Waals surface area contributed by atoms with Crippen molar-refractivity contribution in [1.82, 2.24) is 0 Å². The van der Waals surface area contributed by atoms with E-state index in [9.17, 15) is 0 Å². The number of fused-ring (bicyclic) bond motifs is 5. The highest BCUT2D eigenvalue weighted by molar-refractivity contribution is 6.15. The van der Waals surface area contributed by atoms with Crippen molar-refractivity contribution in [2.24, 2.45) is 0 Å². The average Bonchev–Trinajstić information content (AvgIpc) is 3.33. The predicted octanol–water partition coefficient (Wildman–Crippen LogP) is 14.2. The molecule has 3 aliphatic carbocycles. The zero-order valence-electron chi connectivity index (χ0n) is 30.1. The van der Waals surface area contributed by atoms with Crippen LogP contribution in [0.2, 0.25) is 0 Å². The van der Waals surface area contributed by atoms with Crippen molar-refractivity contribution >= 4 is 22.0 Å². The van der Waals surface area contributed by atoms with E-state index in [1.54, 1.807) is 0 Å². The fourth-order valence-corrected chi connectivity index (χ4v) is 8.90. The van der Waals surface area contributed by atoms with Crippen LogP contribution in [0, 0.1) is 0 Å². The van der Waals surface area contributed by atoms with Gasteiger partial charge in [-0.1, -0.05) is 152 Å². The van der Waals surface area contributed by atoms with Crippen LogP contribution in [0.5, 0.6) is 0 Å². The lowest BCUT2D eigenvalue weighted by molar-refractivity contribution is 0.763. The third-order valence-electron chi connectivity index (χ3n) is 11.4. The van der Waals surface area contributed by atoms with Crippen LogP contribution in [0.25, 0.3) is 83.1 Å². The summed E-state index contributed by atoms with van der Waals surface area (Å²) in [5.41, 5.74) is 20.6. The second-order valence-corrected chi connectivity index (χ2v) is 14.3. The van der Waals surface area contributed by atoms with E-state index < -0.39 is 0 Å². The largest absolute Gasteiger partial charge is 0.335 e. The van der Waals surface area contributed by atoms with Gasteiger partial charge in [0.1, 0.15) is 0 Å². The van der Waals surface area contributed by atoms with Gasteiger partial charge in [-0.05, 0) is 139 Å². The van der Waals surface area contributed by atoms with Crippen LogP contribution < -0.4 is 4.90 Å². The predicted molar refractivity (Wildman–Crippen MR) is 227 cm³/mol. The van der Waals surface area contributed by atoms with Gasteiger partial charge in [0.15, 0.2) is 0 Å². The van der Waals surface area contributed by atoms with E-state index in [0.29, 0.717) is 0 Å². The minimum atomic E-state index is 0.187. The van der Waals surface area contributed by atoms with Crippen molar-refractivity contribution < 1.29 is 0 Å². The molecule has 0 radical (unpaired) electrons. The molecule has 1 nitrogen and oxygen atoms in total. The van der Waals surface area contributed by atoms with E-state index in [1.807, 2.05) is 0 Å². The van der Waals surface area contributed by atoms with Gasteiger partial charge in [0, 0.05) is 11.4 Å². The van der Waals surface area contributed by atoms with Crippen LogP contribution >= 0.6 is 0 Å². The minimum absolute atomic E-state index is 0.187. The molecule has 0 N–H and O–H groups in total. The van der Waals surface area contributed by atoms with Gasteiger partial charge in [-0.2, -0.15) is 0 Å². The quantitative estimate of drug-likeness (QED) is 0.158. The van der Waals surface area contributed by atoms with Crippen LogP contribution in [0.1, 0.15) is 25.8 Å². The molecule has 0 aromatic heterocycles. The summed E-state index contributed by atoms with van der Waals surface area (Å²) >= 11 is 0. The standard InChI is InChI=1S/C52H39N/c1-3-11-40(4-2)53(41-27-22-35(23-28-41)38-21-20-34-12-5-6-13-37(34)32-38)42-29-24-36(25-30-42)39-26-31-44-47-17-10-18-48-49-19-9-16-46(52(49)50(44)33-39)43-14-7-8-15-45(43)51(47)48/h3-29,31-33,42H,30H2,1-2H3/b11-3-,40-4+. The Morgan fingerprint density at radius 2 is 1.13 bits per heavy atom. The molecule has 0 heterocycles. The first-order chi connectivity index (χ1) is 26.2. The summed E-state index contributed by atoms with van der Waals surface area (Å²) in [5.74, 6) is 0. The second kappa shape index (κ2) is 12.7. The van der Waals surface area contributed by atoms with Crippen LogP contribution in [-0.2, 0) is 0 Å². The molecule has 0 aliphatic heterocycles. The lowest BCUT2D eigenvalue weighted by Crippen LogP contribution is -2.33. The molecule has 0 fully saturated rings. The van der Waals surface area contributed by atoms with Crippen molar-refractivity contribution in [2.45, 2.75) is 26.3 Å². The van der Waals surface area contributed by atoms with Crippen molar-refractivity contribution in [3.05, 3.63) is 193 Å². The lowest BCUT2D eigenvalue weighted by Gasteiger charge is -2.34. The van der Waals surface area contributed by atoms with E-state index in [4.69, 9.17) is 0 Å². The second-order valence-electron chi connectivity index (χ2n) is 14.3. The Hall–Kier alpha value is -6.44. The highest BCUT2D eigenvalue weighted by Crippen LogP contribution is 2.57. The first-order valence-corrected chi connectivity index (χ1v) is 18.8. The Morgan fingerprint density at radius 3 is 1.83 bits per heavy atom. The molecule has 53 heavy (non-hydrogen) atoms. The first-order valence-electron chi connectivity index (χ1n) is 18.8. The van der Waals surface area contributed by atoms with E-state index in [1.165, 1.54) is 100 Å². The Bertz CT molecular complexity index is 2690. The van der Waals surface area contributed by atoms with Crippen LogP contribution in [-0.4, -0.2) is 6.04 Å². The molecular formula is C52H39N. The normalized spacial score (nSPS) is 15.2. The Labute approximate surface area is 312 Å². The molecule has 7 aromatic rings. The van der Waals surface area contributed by atoms with Gasteiger partial charge in [-0.15, -0.1) is 0 Å². The molecule has 7 aromatic carbocycles. The maximum Gasteiger partial charge on any atom is 0.0560 e. The molecule has 1 atom stereocenters. The number of anilines is 1. The third-order valence-corrected chi connectivity index (χ3v) is 11.4. The Balaban J connectivity index is 1.000. The molecule has 0 spiro atoms. The SMILES string of the molecule is C/C=C\C(=C/C)N(c1ccc(-c2ccc3ccccc3c2)cc1)C1C=CC(c2ccc3c(c2)-c2c4cccc2-c2cccc-3c2-c2ccccc2-4)=CC1. The summed E-state index contributed by atoms with van der Waals surface area (Å²) in [7, 11) is 0. The minimum Gasteiger partial charge on any atom is -0.335 e. The topological polar surface area (TPSA) is 3.24 Å². The summed E-state index contributed by atoms with van der Waals surface area (Å²) in [5, 5.41) is 2.53. The van der Waals surface area contributed by atoms with Crippen LogP contribution in [0.4, 0.5) is 5.69 Å². The number of benzene rings is 7. The highest BCUT2D eigenvalue weighted by atomic mass is 15.2. The zero-order chi connectivity index (χ0) is 35.5. The summed E-state index contributed by atoms with van der Waals surface area (Å²) in [4.78, 5) is 2.48. The lowest BCUT2D eigenvalue weighted by atomic mass is 9.82. The van der Waals surface area contributed by atoms with E-state index in [-0.39, 0.29) is 6.04 Å². The molecule has 0 saturated carbocycles. The summed E-state index contributed by atoms with van der Waals surface area (Å²) in [6.45, 7) is 4.23. The summed E-state index contributed by atoms with van der Waals surface area (Å²) in [6, 6.07) is 54.3. The number of allylic oxidation sites excluding steroid dienone is 5. The molecule has 10 rings (SSSR count). The number of rotatable bonds is 6. The van der Waals surface area contributed by atoms with Gasteiger partial charge in [-0.3, -0.25) is 0 Å². The molecule has 0 saturated heterocycles. The van der Waals surface area contributed by atoms with Crippen molar-refractivity contribution in [2.75, 3.05) is 4.90 Å². The molecular weight excluding hydrogens is 639 g/mol. The average molecular weight is 678 g/mol. The van der Waals surface area contributed by atoms with Gasteiger partial charge in [0.05, 0.1) is 6.04 Å². The van der Waals surface area contributed by atoms with Crippen LogP contribution in [0.3, 0.4) is 0 Å². The monoisotopic (exact) mass is 677 g/mol. The summed E-state index contributed by atoms with van der Waals surface area (Å²) < 4.78 is 0. The number of nitrogens with zero attached hydrogens (tertiary/aromatic N) is 1. The smallest absolute Gasteiger partial charge is 0.0560 e. The van der Waals surface area contributed by atoms with Gasteiger partial charge in [0.25, 0.3) is 0 Å². The Morgan fingerprint density at radius 1 is 0.528 bits per heavy atom. The summed E-state index contributed by atoms with van der Waals surface area (Å²) in [6.07, 6.45) is 14.6. The van der Waals surface area contributed by atoms with E-state index >= 15 is 0 Å². The molecule has 3 aliphatic rings.